The zero-order chi connectivity index (χ0) is 18.5. The van der Waals surface area contributed by atoms with Crippen LogP contribution < -0.4 is 5.32 Å². The topological polar surface area (TPSA) is 88.3 Å². The standard InChI is InChI=1S/C20H19N3O3/c1-3-5-16-13(2)21-20(17-6-4-11-26-17)23-19(16)22-15-9-7-14(8-10-15)12-18(24)25/h3-4,6-11H,1,5,12H2,2H3,(H,24,25)(H,21,22,23). The second kappa shape index (κ2) is 7.65. The molecule has 0 spiro atoms. The highest BCUT2D eigenvalue weighted by atomic mass is 16.4. The quantitative estimate of drug-likeness (QED) is 0.623. The fraction of sp³-hybridized carbons (Fsp3) is 0.150. The number of benzene rings is 1. The summed E-state index contributed by atoms with van der Waals surface area (Å²) in [5.74, 6) is 0.923. The molecule has 6 heteroatoms. The average molecular weight is 349 g/mol. The number of allylic oxidation sites excluding steroid dienone is 1. The van der Waals surface area contributed by atoms with Gasteiger partial charge in [-0.2, -0.15) is 0 Å². The lowest BCUT2D eigenvalue weighted by atomic mass is 10.1. The van der Waals surface area contributed by atoms with Crippen LogP contribution in [-0.4, -0.2) is 21.0 Å². The molecule has 0 bridgehead atoms. The van der Waals surface area contributed by atoms with Gasteiger partial charge in [0.15, 0.2) is 11.6 Å². The van der Waals surface area contributed by atoms with Gasteiger partial charge in [0.05, 0.1) is 12.7 Å². The van der Waals surface area contributed by atoms with E-state index < -0.39 is 5.97 Å². The summed E-state index contributed by atoms with van der Waals surface area (Å²) in [5, 5.41) is 12.2. The third-order valence-corrected chi connectivity index (χ3v) is 3.88. The minimum atomic E-state index is -0.853. The highest BCUT2D eigenvalue weighted by Gasteiger charge is 2.14. The number of aliphatic carboxylic acids is 1. The predicted molar refractivity (Wildman–Crippen MR) is 99.4 cm³/mol. The van der Waals surface area contributed by atoms with Crippen molar-refractivity contribution in [2.45, 2.75) is 19.8 Å². The molecule has 0 fully saturated rings. The van der Waals surface area contributed by atoms with E-state index in [-0.39, 0.29) is 6.42 Å². The Morgan fingerprint density at radius 2 is 2.04 bits per heavy atom. The Balaban J connectivity index is 1.94. The van der Waals surface area contributed by atoms with Crippen molar-refractivity contribution in [1.82, 2.24) is 9.97 Å². The highest BCUT2D eigenvalue weighted by Crippen LogP contribution is 2.26. The minimum Gasteiger partial charge on any atom is -0.481 e. The van der Waals surface area contributed by atoms with Gasteiger partial charge in [0, 0.05) is 16.9 Å². The van der Waals surface area contributed by atoms with Crippen LogP contribution in [0.4, 0.5) is 11.5 Å². The van der Waals surface area contributed by atoms with Gasteiger partial charge >= 0.3 is 5.97 Å². The Morgan fingerprint density at radius 3 is 2.65 bits per heavy atom. The van der Waals surface area contributed by atoms with Gasteiger partial charge in [-0.05, 0) is 43.2 Å². The maximum Gasteiger partial charge on any atom is 0.307 e. The number of aromatic nitrogens is 2. The molecule has 0 atom stereocenters. The molecule has 6 nitrogen and oxygen atoms in total. The molecule has 0 aliphatic heterocycles. The van der Waals surface area contributed by atoms with E-state index in [1.165, 1.54) is 0 Å². The maximum atomic E-state index is 10.8. The zero-order valence-electron chi connectivity index (χ0n) is 14.4. The molecule has 26 heavy (non-hydrogen) atoms. The summed E-state index contributed by atoms with van der Waals surface area (Å²) < 4.78 is 5.40. The lowest BCUT2D eigenvalue weighted by molar-refractivity contribution is -0.136. The Labute approximate surface area is 151 Å². The summed E-state index contributed by atoms with van der Waals surface area (Å²) in [6.07, 6.45) is 4.01. The first kappa shape index (κ1) is 17.4. The molecule has 3 aromatic rings. The molecular weight excluding hydrogens is 330 g/mol. The number of furan rings is 1. The van der Waals surface area contributed by atoms with Crippen molar-refractivity contribution >= 4 is 17.5 Å². The molecule has 0 saturated carbocycles. The minimum absolute atomic E-state index is 0.00273. The van der Waals surface area contributed by atoms with E-state index in [1.54, 1.807) is 30.5 Å². The van der Waals surface area contributed by atoms with E-state index in [0.29, 0.717) is 23.8 Å². The van der Waals surface area contributed by atoms with Crippen molar-refractivity contribution in [3.63, 3.8) is 0 Å². The normalized spacial score (nSPS) is 10.5. The van der Waals surface area contributed by atoms with Crippen LogP contribution in [-0.2, 0) is 17.6 Å². The van der Waals surface area contributed by atoms with Crippen molar-refractivity contribution < 1.29 is 14.3 Å². The van der Waals surface area contributed by atoms with E-state index in [0.717, 1.165) is 22.5 Å². The number of anilines is 2. The zero-order valence-corrected chi connectivity index (χ0v) is 14.4. The highest BCUT2D eigenvalue weighted by molar-refractivity contribution is 5.71. The molecule has 0 radical (unpaired) electrons. The van der Waals surface area contributed by atoms with Gasteiger partial charge in [-0.3, -0.25) is 4.79 Å². The van der Waals surface area contributed by atoms with E-state index >= 15 is 0 Å². The molecule has 0 amide bonds. The monoisotopic (exact) mass is 349 g/mol. The number of aryl methyl sites for hydroxylation is 1. The SMILES string of the molecule is C=CCc1c(C)nc(-c2ccco2)nc1Nc1ccc(CC(=O)O)cc1. The predicted octanol–water partition coefficient (Wildman–Crippen LogP) is 4.14. The first-order valence-corrected chi connectivity index (χ1v) is 8.17. The van der Waals surface area contributed by atoms with Crippen molar-refractivity contribution in [3.8, 4) is 11.6 Å². The fourth-order valence-electron chi connectivity index (χ4n) is 2.62. The lowest BCUT2D eigenvalue weighted by Crippen LogP contribution is -2.05. The van der Waals surface area contributed by atoms with Crippen LogP contribution >= 0.6 is 0 Å². The molecule has 2 aromatic heterocycles. The molecule has 0 saturated heterocycles. The summed E-state index contributed by atoms with van der Waals surface area (Å²) in [6, 6.07) is 10.8. The van der Waals surface area contributed by atoms with Crippen LogP contribution in [0, 0.1) is 6.92 Å². The van der Waals surface area contributed by atoms with Gasteiger partial charge in [0.1, 0.15) is 5.82 Å². The Kier molecular flexibility index (Phi) is 5.12. The fourth-order valence-corrected chi connectivity index (χ4v) is 2.62. The van der Waals surface area contributed by atoms with Gasteiger partial charge < -0.3 is 14.8 Å². The number of carboxylic acid groups (broad SMARTS) is 1. The maximum absolute atomic E-state index is 10.8. The van der Waals surface area contributed by atoms with Crippen molar-refractivity contribution in [2.24, 2.45) is 0 Å². The van der Waals surface area contributed by atoms with Gasteiger partial charge in [-0.15, -0.1) is 6.58 Å². The number of hydrogen-bond donors (Lipinski definition) is 2. The summed E-state index contributed by atoms with van der Waals surface area (Å²) in [4.78, 5) is 19.9. The van der Waals surface area contributed by atoms with E-state index in [4.69, 9.17) is 9.52 Å². The van der Waals surface area contributed by atoms with Crippen LogP contribution in [0.15, 0.2) is 59.7 Å². The summed E-state index contributed by atoms with van der Waals surface area (Å²) >= 11 is 0. The van der Waals surface area contributed by atoms with Gasteiger partial charge in [-0.25, -0.2) is 9.97 Å². The summed E-state index contributed by atoms with van der Waals surface area (Å²) in [5.41, 5.74) is 3.35. The molecule has 1 aromatic carbocycles. The van der Waals surface area contributed by atoms with E-state index in [9.17, 15) is 4.79 Å². The summed E-state index contributed by atoms with van der Waals surface area (Å²) in [7, 11) is 0. The van der Waals surface area contributed by atoms with Crippen LogP contribution in [0.25, 0.3) is 11.6 Å². The Hall–Kier alpha value is -3.41. The molecule has 0 aliphatic carbocycles. The van der Waals surface area contributed by atoms with Crippen LogP contribution in [0.2, 0.25) is 0 Å². The lowest BCUT2D eigenvalue weighted by Gasteiger charge is -2.14. The van der Waals surface area contributed by atoms with Crippen molar-refractivity contribution in [1.29, 1.82) is 0 Å². The van der Waals surface area contributed by atoms with Gasteiger partial charge in [-0.1, -0.05) is 18.2 Å². The van der Waals surface area contributed by atoms with Gasteiger partial charge in [0.25, 0.3) is 0 Å². The van der Waals surface area contributed by atoms with E-state index in [2.05, 4.69) is 21.9 Å². The van der Waals surface area contributed by atoms with E-state index in [1.807, 2.05) is 25.1 Å². The summed E-state index contributed by atoms with van der Waals surface area (Å²) in [6.45, 7) is 5.72. The number of nitrogens with one attached hydrogen (secondary N) is 1. The molecule has 0 unspecified atom stereocenters. The van der Waals surface area contributed by atoms with Crippen LogP contribution in [0.5, 0.6) is 0 Å². The van der Waals surface area contributed by atoms with Crippen LogP contribution in [0.1, 0.15) is 16.8 Å². The Bertz CT molecular complexity index is 916. The number of carboxylic acids is 1. The average Bonchev–Trinajstić information content (AvgIpc) is 3.13. The van der Waals surface area contributed by atoms with Crippen molar-refractivity contribution in [3.05, 3.63) is 72.1 Å². The number of hydrogen-bond acceptors (Lipinski definition) is 5. The molecule has 132 valence electrons. The molecule has 0 aliphatic rings. The number of carbonyl (C=O) groups is 1. The first-order valence-electron chi connectivity index (χ1n) is 8.17. The molecule has 2 heterocycles. The second-order valence-corrected chi connectivity index (χ2v) is 5.82. The molecular formula is C20H19N3O3. The third-order valence-electron chi connectivity index (χ3n) is 3.88. The second-order valence-electron chi connectivity index (χ2n) is 5.82. The smallest absolute Gasteiger partial charge is 0.307 e. The largest absolute Gasteiger partial charge is 0.481 e. The number of nitrogens with zero attached hydrogens (tertiary/aromatic N) is 2. The molecule has 3 rings (SSSR count). The Morgan fingerprint density at radius 1 is 1.27 bits per heavy atom. The number of rotatable bonds is 7. The molecule has 2 N–H and O–H groups in total. The third kappa shape index (κ3) is 3.97. The first-order chi connectivity index (χ1) is 12.6. The van der Waals surface area contributed by atoms with Crippen LogP contribution in [0.3, 0.4) is 0 Å². The van der Waals surface area contributed by atoms with Gasteiger partial charge in [0.2, 0.25) is 0 Å². The van der Waals surface area contributed by atoms with Crippen molar-refractivity contribution in [2.75, 3.05) is 5.32 Å².